The lowest BCUT2D eigenvalue weighted by atomic mass is 10.2. The molecule has 1 aromatic heterocycles. The second-order valence-corrected chi connectivity index (χ2v) is 5.63. The quantitative estimate of drug-likeness (QED) is 0.761. The monoisotopic (exact) mass is 386 g/mol. The molecule has 20 heavy (non-hydrogen) atoms. The maximum Gasteiger partial charge on any atom is 0.246 e. The summed E-state index contributed by atoms with van der Waals surface area (Å²) in [7, 11) is 0. The van der Waals surface area contributed by atoms with E-state index < -0.39 is 0 Å². The molecule has 0 atom stereocenters. The molecule has 2 aromatic rings. The standard InChI is InChI=1S/C13H15IN4O2/c1-9-6-10(14)2-3-12(9)15-13(20)8-18-7-11(4-5-19)16-17-18/h2-3,6-7,19H,4-5,8H2,1H3,(H,15,20). The number of aliphatic hydroxyl groups excluding tert-OH is 1. The molecular formula is C13H15IN4O2. The molecule has 0 aliphatic heterocycles. The Hall–Kier alpha value is -1.48. The summed E-state index contributed by atoms with van der Waals surface area (Å²) in [4.78, 5) is 11.9. The van der Waals surface area contributed by atoms with Crippen LogP contribution in [-0.4, -0.2) is 32.6 Å². The predicted octanol–water partition coefficient (Wildman–Crippen LogP) is 1.36. The molecule has 1 aromatic carbocycles. The van der Waals surface area contributed by atoms with E-state index in [0.29, 0.717) is 12.1 Å². The van der Waals surface area contributed by atoms with Crippen molar-refractivity contribution in [3.8, 4) is 0 Å². The molecule has 0 fully saturated rings. The number of carbonyl (C=O) groups is 1. The zero-order chi connectivity index (χ0) is 14.5. The second kappa shape index (κ2) is 6.80. The normalized spacial score (nSPS) is 10.6. The van der Waals surface area contributed by atoms with Crippen molar-refractivity contribution in [2.24, 2.45) is 0 Å². The number of hydrogen-bond donors (Lipinski definition) is 2. The SMILES string of the molecule is Cc1cc(I)ccc1NC(=O)Cn1cc(CCO)nn1. The van der Waals surface area contributed by atoms with E-state index in [1.807, 2.05) is 25.1 Å². The molecule has 0 aliphatic rings. The van der Waals surface area contributed by atoms with Gasteiger partial charge in [-0.2, -0.15) is 0 Å². The van der Waals surface area contributed by atoms with Gasteiger partial charge in [-0.25, -0.2) is 4.68 Å². The van der Waals surface area contributed by atoms with Crippen LogP contribution in [0.3, 0.4) is 0 Å². The molecule has 1 amide bonds. The highest BCUT2D eigenvalue weighted by Gasteiger charge is 2.08. The second-order valence-electron chi connectivity index (χ2n) is 4.39. The smallest absolute Gasteiger partial charge is 0.246 e. The van der Waals surface area contributed by atoms with Crippen molar-refractivity contribution in [1.82, 2.24) is 15.0 Å². The number of aromatic nitrogens is 3. The largest absolute Gasteiger partial charge is 0.396 e. The minimum Gasteiger partial charge on any atom is -0.396 e. The van der Waals surface area contributed by atoms with Gasteiger partial charge in [0.2, 0.25) is 5.91 Å². The van der Waals surface area contributed by atoms with Crippen molar-refractivity contribution in [3.63, 3.8) is 0 Å². The maximum absolute atomic E-state index is 11.9. The molecule has 2 rings (SSSR count). The number of amides is 1. The molecule has 1 heterocycles. The van der Waals surface area contributed by atoms with Crippen molar-refractivity contribution in [2.45, 2.75) is 19.9 Å². The van der Waals surface area contributed by atoms with Gasteiger partial charge in [0.15, 0.2) is 0 Å². The molecule has 0 saturated heterocycles. The van der Waals surface area contributed by atoms with Gasteiger partial charge in [0, 0.05) is 28.5 Å². The summed E-state index contributed by atoms with van der Waals surface area (Å²) < 4.78 is 2.59. The lowest BCUT2D eigenvalue weighted by Crippen LogP contribution is -2.19. The predicted molar refractivity (Wildman–Crippen MR) is 83.3 cm³/mol. The summed E-state index contributed by atoms with van der Waals surface area (Å²) in [6, 6.07) is 5.83. The average Bonchev–Trinajstić information content (AvgIpc) is 2.81. The van der Waals surface area contributed by atoms with Crippen LogP contribution in [0.5, 0.6) is 0 Å². The molecule has 106 valence electrons. The van der Waals surface area contributed by atoms with Crippen LogP contribution >= 0.6 is 22.6 Å². The van der Waals surface area contributed by atoms with Gasteiger partial charge in [-0.15, -0.1) is 5.10 Å². The summed E-state index contributed by atoms with van der Waals surface area (Å²) in [6.07, 6.45) is 2.11. The molecule has 0 unspecified atom stereocenters. The van der Waals surface area contributed by atoms with Gasteiger partial charge in [-0.1, -0.05) is 5.21 Å². The number of nitrogens with one attached hydrogen (secondary N) is 1. The summed E-state index contributed by atoms with van der Waals surface area (Å²) in [5.41, 5.74) is 2.49. The minimum absolute atomic E-state index is 0.0206. The first kappa shape index (κ1) is 14.9. The van der Waals surface area contributed by atoms with Gasteiger partial charge in [0.25, 0.3) is 0 Å². The first-order valence-corrected chi connectivity index (χ1v) is 7.22. The van der Waals surface area contributed by atoms with Crippen LogP contribution < -0.4 is 5.32 Å². The number of hydrogen-bond acceptors (Lipinski definition) is 4. The van der Waals surface area contributed by atoms with Crippen LogP contribution in [0.15, 0.2) is 24.4 Å². The molecule has 0 saturated carbocycles. The number of anilines is 1. The van der Waals surface area contributed by atoms with Gasteiger partial charge in [0.05, 0.1) is 5.69 Å². The van der Waals surface area contributed by atoms with E-state index >= 15 is 0 Å². The average molecular weight is 386 g/mol. The Balaban J connectivity index is 1.97. The minimum atomic E-state index is -0.158. The number of carbonyl (C=O) groups excluding carboxylic acids is 1. The lowest BCUT2D eigenvalue weighted by molar-refractivity contribution is -0.116. The third-order valence-corrected chi connectivity index (χ3v) is 3.39. The van der Waals surface area contributed by atoms with Gasteiger partial charge in [-0.05, 0) is 53.3 Å². The van der Waals surface area contributed by atoms with Crippen LogP contribution in [0.25, 0.3) is 0 Å². The maximum atomic E-state index is 11.9. The molecule has 0 aliphatic carbocycles. The van der Waals surface area contributed by atoms with Crippen LogP contribution in [-0.2, 0) is 17.8 Å². The molecule has 0 spiro atoms. The summed E-state index contributed by atoms with van der Waals surface area (Å²) in [6.45, 7) is 2.07. The number of halogens is 1. The van der Waals surface area contributed by atoms with Crippen molar-refractivity contribution in [2.75, 3.05) is 11.9 Å². The lowest BCUT2D eigenvalue weighted by Gasteiger charge is -2.08. The Kier molecular flexibility index (Phi) is 5.07. The summed E-state index contributed by atoms with van der Waals surface area (Å²) >= 11 is 2.23. The number of nitrogens with zero attached hydrogens (tertiary/aromatic N) is 3. The van der Waals surface area contributed by atoms with E-state index in [-0.39, 0.29) is 19.1 Å². The Morgan fingerprint density at radius 1 is 1.50 bits per heavy atom. The Morgan fingerprint density at radius 2 is 2.30 bits per heavy atom. The van der Waals surface area contributed by atoms with Crippen molar-refractivity contribution in [3.05, 3.63) is 39.2 Å². The molecule has 6 nitrogen and oxygen atoms in total. The molecule has 7 heteroatoms. The van der Waals surface area contributed by atoms with Gasteiger partial charge >= 0.3 is 0 Å². The summed E-state index contributed by atoms with van der Waals surface area (Å²) in [5, 5.41) is 19.4. The first-order valence-electron chi connectivity index (χ1n) is 6.14. The highest BCUT2D eigenvalue weighted by Crippen LogP contribution is 2.17. The fourth-order valence-electron chi connectivity index (χ4n) is 1.75. The molecule has 0 radical (unpaired) electrons. The number of aryl methyl sites for hydroxylation is 1. The topological polar surface area (TPSA) is 80.0 Å². The Bertz CT molecular complexity index is 612. The van der Waals surface area contributed by atoms with E-state index in [2.05, 4.69) is 38.2 Å². The van der Waals surface area contributed by atoms with E-state index in [0.717, 1.165) is 14.8 Å². The van der Waals surface area contributed by atoms with E-state index in [1.165, 1.54) is 4.68 Å². The highest BCUT2D eigenvalue weighted by atomic mass is 127. The van der Waals surface area contributed by atoms with Crippen LogP contribution in [0.4, 0.5) is 5.69 Å². The number of benzene rings is 1. The third kappa shape index (κ3) is 4.01. The number of rotatable bonds is 5. The fourth-order valence-corrected chi connectivity index (χ4v) is 2.40. The zero-order valence-corrected chi connectivity index (χ0v) is 13.2. The molecule has 2 N–H and O–H groups in total. The Labute approximate surface area is 130 Å². The van der Waals surface area contributed by atoms with Gasteiger partial charge < -0.3 is 10.4 Å². The van der Waals surface area contributed by atoms with Gasteiger partial charge in [-0.3, -0.25) is 4.79 Å². The highest BCUT2D eigenvalue weighted by molar-refractivity contribution is 14.1. The first-order chi connectivity index (χ1) is 9.58. The molecule has 0 bridgehead atoms. The Morgan fingerprint density at radius 3 is 3.00 bits per heavy atom. The zero-order valence-electron chi connectivity index (χ0n) is 11.0. The summed E-state index contributed by atoms with van der Waals surface area (Å²) in [5.74, 6) is -0.158. The van der Waals surface area contributed by atoms with Crippen molar-refractivity contribution >= 4 is 34.2 Å². The van der Waals surface area contributed by atoms with Crippen LogP contribution in [0.2, 0.25) is 0 Å². The van der Waals surface area contributed by atoms with E-state index in [9.17, 15) is 4.79 Å². The van der Waals surface area contributed by atoms with Crippen molar-refractivity contribution in [1.29, 1.82) is 0 Å². The van der Waals surface area contributed by atoms with Gasteiger partial charge in [0.1, 0.15) is 6.54 Å². The van der Waals surface area contributed by atoms with Crippen LogP contribution in [0, 0.1) is 10.5 Å². The molecular weight excluding hydrogens is 371 g/mol. The third-order valence-electron chi connectivity index (χ3n) is 2.72. The fraction of sp³-hybridized carbons (Fsp3) is 0.308. The van der Waals surface area contributed by atoms with E-state index in [4.69, 9.17) is 5.11 Å². The number of aliphatic hydroxyl groups is 1. The van der Waals surface area contributed by atoms with Crippen molar-refractivity contribution < 1.29 is 9.90 Å². The van der Waals surface area contributed by atoms with E-state index in [1.54, 1.807) is 6.20 Å². The van der Waals surface area contributed by atoms with Crippen LogP contribution in [0.1, 0.15) is 11.3 Å².